The molecular weight excluding hydrogens is 392 g/mol. The van der Waals surface area contributed by atoms with Crippen LogP contribution in [0.25, 0.3) is 0 Å². The zero-order valence-corrected chi connectivity index (χ0v) is 14.6. The third-order valence-electron chi connectivity index (χ3n) is 2.70. The average molecular weight is 406 g/mol. The number of rotatable bonds is 4. The Balaban J connectivity index is 2.03. The van der Waals surface area contributed by atoms with Crippen molar-refractivity contribution in [3.63, 3.8) is 0 Å². The lowest BCUT2D eigenvalue weighted by Gasteiger charge is -2.12. The summed E-state index contributed by atoms with van der Waals surface area (Å²) in [5, 5.41) is 16.2. The van der Waals surface area contributed by atoms with Crippen LogP contribution in [-0.4, -0.2) is 10.1 Å². The molecule has 0 saturated carbocycles. The second-order valence-electron chi connectivity index (χ2n) is 4.34. The Morgan fingerprint density at radius 3 is 2.53 bits per heavy atom. The minimum atomic E-state index is 0.213. The maximum absolute atomic E-state index is 9.67. The number of thiazole rings is 1. The summed E-state index contributed by atoms with van der Waals surface area (Å²) in [5.74, 6) is 0.229. The summed E-state index contributed by atoms with van der Waals surface area (Å²) in [6.07, 6.45) is 0. The molecule has 1 aromatic heterocycles. The SMILES string of the molecule is Cc1csc(C(C)NCc2cc(Br)c(O)c(Br)c2)n1. The lowest BCUT2D eigenvalue weighted by molar-refractivity contribution is 0.467. The zero-order valence-electron chi connectivity index (χ0n) is 10.6. The Labute approximate surface area is 133 Å². The van der Waals surface area contributed by atoms with Crippen LogP contribution in [0.5, 0.6) is 5.75 Å². The Morgan fingerprint density at radius 2 is 2.00 bits per heavy atom. The topological polar surface area (TPSA) is 45.1 Å². The van der Waals surface area contributed by atoms with Gasteiger partial charge in [0.1, 0.15) is 10.8 Å². The molecule has 102 valence electrons. The highest BCUT2D eigenvalue weighted by Crippen LogP contribution is 2.33. The van der Waals surface area contributed by atoms with Gasteiger partial charge in [-0.3, -0.25) is 0 Å². The van der Waals surface area contributed by atoms with Crippen LogP contribution < -0.4 is 5.32 Å². The Bertz CT molecular complexity index is 563. The molecule has 0 aliphatic carbocycles. The van der Waals surface area contributed by atoms with E-state index in [9.17, 15) is 5.11 Å². The zero-order chi connectivity index (χ0) is 14.0. The highest BCUT2D eigenvalue weighted by Gasteiger charge is 2.10. The number of aryl methyl sites for hydroxylation is 1. The molecule has 1 heterocycles. The van der Waals surface area contributed by atoms with E-state index in [1.165, 1.54) is 0 Å². The van der Waals surface area contributed by atoms with Crippen molar-refractivity contribution < 1.29 is 5.11 Å². The van der Waals surface area contributed by atoms with E-state index in [-0.39, 0.29) is 11.8 Å². The van der Waals surface area contributed by atoms with Gasteiger partial charge in [0.15, 0.2) is 0 Å². The summed E-state index contributed by atoms with van der Waals surface area (Å²) in [6.45, 7) is 4.82. The van der Waals surface area contributed by atoms with E-state index in [2.05, 4.69) is 54.5 Å². The van der Waals surface area contributed by atoms with Gasteiger partial charge in [0.05, 0.1) is 15.0 Å². The molecule has 0 spiro atoms. The van der Waals surface area contributed by atoms with E-state index >= 15 is 0 Å². The molecule has 0 radical (unpaired) electrons. The third kappa shape index (κ3) is 3.78. The molecule has 0 bridgehead atoms. The van der Waals surface area contributed by atoms with Crippen LogP contribution >= 0.6 is 43.2 Å². The van der Waals surface area contributed by atoms with E-state index < -0.39 is 0 Å². The van der Waals surface area contributed by atoms with Crippen LogP contribution in [0.2, 0.25) is 0 Å². The molecule has 0 saturated heterocycles. The van der Waals surface area contributed by atoms with Crippen molar-refractivity contribution in [2.75, 3.05) is 0 Å². The second kappa shape index (κ2) is 6.35. The van der Waals surface area contributed by atoms with Gasteiger partial charge in [-0.25, -0.2) is 4.98 Å². The van der Waals surface area contributed by atoms with E-state index in [4.69, 9.17) is 0 Å². The minimum Gasteiger partial charge on any atom is -0.506 e. The molecule has 2 aromatic rings. The van der Waals surface area contributed by atoms with E-state index in [1.807, 2.05) is 19.1 Å². The fourth-order valence-corrected chi connectivity index (χ4v) is 3.76. The van der Waals surface area contributed by atoms with Gasteiger partial charge in [-0.15, -0.1) is 11.3 Å². The van der Waals surface area contributed by atoms with Crippen molar-refractivity contribution in [2.24, 2.45) is 0 Å². The van der Waals surface area contributed by atoms with Gasteiger partial charge in [-0.1, -0.05) is 0 Å². The van der Waals surface area contributed by atoms with Crippen LogP contribution in [0.15, 0.2) is 26.5 Å². The number of nitrogens with zero attached hydrogens (tertiary/aromatic N) is 1. The minimum absolute atomic E-state index is 0.213. The van der Waals surface area contributed by atoms with Gasteiger partial charge in [0.2, 0.25) is 0 Å². The first-order chi connectivity index (χ1) is 8.97. The molecule has 1 aromatic carbocycles. The largest absolute Gasteiger partial charge is 0.506 e. The Kier molecular flexibility index (Phi) is 5.00. The maximum atomic E-state index is 9.67. The fraction of sp³-hybridized carbons (Fsp3) is 0.308. The molecule has 2 N–H and O–H groups in total. The molecule has 1 atom stereocenters. The smallest absolute Gasteiger partial charge is 0.143 e. The molecule has 0 fully saturated rings. The van der Waals surface area contributed by atoms with Crippen LogP contribution in [0.4, 0.5) is 0 Å². The number of phenols is 1. The van der Waals surface area contributed by atoms with Gasteiger partial charge < -0.3 is 10.4 Å². The van der Waals surface area contributed by atoms with E-state index in [0.717, 1.165) is 22.8 Å². The number of aromatic nitrogens is 1. The summed E-state index contributed by atoms with van der Waals surface area (Å²) < 4.78 is 1.38. The first-order valence-corrected chi connectivity index (χ1v) is 8.26. The Morgan fingerprint density at radius 1 is 1.37 bits per heavy atom. The van der Waals surface area contributed by atoms with Gasteiger partial charge in [-0.2, -0.15) is 0 Å². The molecule has 19 heavy (non-hydrogen) atoms. The second-order valence-corrected chi connectivity index (χ2v) is 6.94. The molecule has 0 aliphatic rings. The maximum Gasteiger partial charge on any atom is 0.143 e. The summed E-state index contributed by atoms with van der Waals surface area (Å²) in [7, 11) is 0. The number of hydrogen-bond acceptors (Lipinski definition) is 4. The molecule has 0 amide bonds. The predicted octanol–water partition coefficient (Wildman–Crippen LogP) is 4.53. The van der Waals surface area contributed by atoms with Crippen molar-refractivity contribution in [3.05, 3.63) is 42.7 Å². The van der Waals surface area contributed by atoms with Crippen molar-refractivity contribution in [1.82, 2.24) is 10.3 Å². The molecule has 1 unspecified atom stereocenters. The van der Waals surface area contributed by atoms with E-state index in [1.54, 1.807) is 11.3 Å². The summed E-state index contributed by atoms with van der Waals surface area (Å²) in [4.78, 5) is 4.47. The summed E-state index contributed by atoms with van der Waals surface area (Å²) >= 11 is 8.34. The van der Waals surface area contributed by atoms with Gasteiger partial charge >= 0.3 is 0 Å². The number of hydrogen-bond donors (Lipinski definition) is 2. The molecule has 6 heteroatoms. The molecule has 3 nitrogen and oxygen atoms in total. The summed E-state index contributed by atoms with van der Waals surface area (Å²) in [5.41, 5.74) is 2.15. The molecule has 2 rings (SSSR count). The van der Waals surface area contributed by atoms with Crippen molar-refractivity contribution >= 4 is 43.2 Å². The highest BCUT2D eigenvalue weighted by molar-refractivity contribution is 9.11. The van der Waals surface area contributed by atoms with Crippen molar-refractivity contribution in [1.29, 1.82) is 0 Å². The molecule has 0 aliphatic heterocycles. The van der Waals surface area contributed by atoms with Gasteiger partial charge in [0, 0.05) is 17.6 Å². The Hall–Kier alpha value is -0.430. The van der Waals surface area contributed by atoms with Crippen molar-refractivity contribution in [2.45, 2.75) is 26.4 Å². The first kappa shape index (κ1) is 15.0. The van der Waals surface area contributed by atoms with Crippen LogP contribution in [0, 0.1) is 6.92 Å². The normalized spacial score (nSPS) is 12.6. The number of nitrogens with one attached hydrogen (secondary N) is 1. The summed E-state index contributed by atoms with van der Waals surface area (Å²) in [6, 6.07) is 4.03. The number of benzene rings is 1. The molecular formula is C13H14Br2N2OS. The average Bonchev–Trinajstić information content (AvgIpc) is 2.79. The number of phenolic OH excluding ortho intramolecular Hbond substituents is 1. The fourth-order valence-electron chi connectivity index (χ4n) is 1.65. The lowest BCUT2D eigenvalue weighted by Crippen LogP contribution is -2.18. The van der Waals surface area contributed by atoms with Crippen LogP contribution in [0.3, 0.4) is 0 Å². The van der Waals surface area contributed by atoms with Crippen LogP contribution in [0.1, 0.15) is 29.2 Å². The predicted molar refractivity (Wildman–Crippen MR) is 85.6 cm³/mol. The standard InChI is InChI=1S/C13H14Br2N2OS/c1-7-6-19-13(17-7)8(2)16-5-9-3-10(14)12(18)11(15)4-9/h3-4,6,8,16,18H,5H2,1-2H3. The first-order valence-electron chi connectivity index (χ1n) is 5.79. The highest BCUT2D eigenvalue weighted by atomic mass is 79.9. The lowest BCUT2D eigenvalue weighted by atomic mass is 10.2. The van der Waals surface area contributed by atoms with Crippen molar-refractivity contribution in [3.8, 4) is 5.75 Å². The number of halogens is 2. The van der Waals surface area contributed by atoms with E-state index in [0.29, 0.717) is 8.95 Å². The van der Waals surface area contributed by atoms with Gasteiger partial charge in [-0.05, 0) is 63.4 Å². The van der Waals surface area contributed by atoms with Gasteiger partial charge in [0.25, 0.3) is 0 Å². The quantitative estimate of drug-likeness (QED) is 0.785. The monoisotopic (exact) mass is 404 g/mol. The third-order valence-corrected chi connectivity index (χ3v) is 5.05. The number of aromatic hydroxyl groups is 1. The van der Waals surface area contributed by atoms with Crippen LogP contribution in [-0.2, 0) is 6.54 Å².